The zero-order chi connectivity index (χ0) is 18.6. The van der Waals surface area contributed by atoms with Crippen molar-refractivity contribution >= 4 is 11.9 Å². The van der Waals surface area contributed by atoms with Crippen molar-refractivity contribution in [3.8, 4) is 11.1 Å². The SMILES string of the molecule is CCCc1nc(F)c(C(=O)OC)c(-c2ccc(F)cc2)c1C(=O)OC. The summed E-state index contributed by atoms with van der Waals surface area (Å²) >= 11 is 0. The third-order valence-electron chi connectivity index (χ3n) is 3.63. The van der Waals surface area contributed by atoms with E-state index in [9.17, 15) is 18.4 Å². The van der Waals surface area contributed by atoms with Crippen molar-refractivity contribution < 1.29 is 27.8 Å². The van der Waals surface area contributed by atoms with Gasteiger partial charge in [0.25, 0.3) is 0 Å². The Kier molecular flexibility index (Phi) is 5.80. The minimum Gasteiger partial charge on any atom is -0.465 e. The molecule has 0 fully saturated rings. The molecule has 1 heterocycles. The van der Waals surface area contributed by atoms with Crippen LogP contribution in [-0.2, 0) is 15.9 Å². The molecule has 0 atom stereocenters. The number of methoxy groups -OCH3 is 2. The molecule has 0 unspecified atom stereocenters. The maximum absolute atomic E-state index is 14.5. The summed E-state index contributed by atoms with van der Waals surface area (Å²) < 4.78 is 37.2. The summed E-state index contributed by atoms with van der Waals surface area (Å²) in [5, 5.41) is 0. The summed E-state index contributed by atoms with van der Waals surface area (Å²) in [4.78, 5) is 28.2. The van der Waals surface area contributed by atoms with Gasteiger partial charge >= 0.3 is 11.9 Å². The van der Waals surface area contributed by atoms with Crippen LogP contribution in [0.25, 0.3) is 11.1 Å². The van der Waals surface area contributed by atoms with E-state index in [2.05, 4.69) is 9.72 Å². The Morgan fingerprint density at radius 2 is 1.56 bits per heavy atom. The Morgan fingerprint density at radius 1 is 1.00 bits per heavy atom. The van der Waals surface area contributed by atoms with Crippen molar-refractivity contribution in [1.29, 1.82) is 0 Å². The fourth-order valence-corrected chi connectivity index (χ4v) is 2.54. The maximum atomic E-state index is 14.5. The first-order valence-corrected chi connectivity index (χ1v) is 7.59. The number of aryl methyl sites for hydroxylation is 1. The molecule has 132 valence electrons. The number of halogens is 2. The van der Waals surface area contributed by atoms with Crippen LogP contribution < -0.4 is 0 Å². The molecule has 0 saturated heterocycles. The average molecular weight is 349 g/mol. The summed E-state index contributed by atoms with van der Waals surface area (Å²) in [5.74, 6) is -3.31. The van der Waals surface area contributed by atoms with Crippen molar-refractivity contribution in [3.05, 3.63) is 52.9 Å². The van der Waals surface area contributed by atoms with Gasteiger partial charge in [0.15, 0.2) is 0 Å². The largest absolute Gasteiger partial charge is 0.465 e. The molecule has 0 aliphatic heterocycles. The molecule has 0 amide bonds. The Labute approximate surface area is 143 Å². The number of hydrogen-bond acceptors (Lipinski definition) is 5. The summed E-state index contributed by atoms with van der Waals surface area (Å²) in [6, 6.07) is 4.99. The summed E-state index contributed by atoms with van der Waals surface area (Å²) in [6.45, 7) is 1.84. The second kappa shape index (κ2) is 7.83. The Hall–Kier alpha value is -2.83. The van der Waals surface area contributed by atoms with E-state index < -0.39 is 29.3 Å². The molecule has 2 aromatic rings. The number of carbonyl (C=O) groups is 2. The van der Waals surface area contributed by atoms with E-state index in [1.807, 2.05) is 6.92 Å². The van der Waals surface area contributed by atoms with Gasteiger partial charge in [0.05, 0.1) is 25.5 Å². The molecule has 0 saturated carbocycles. The number of esters is 2. The van der Waals surface area contributed by atoms with Gasteiger partial charge < -0.3 is 9.47 Å². The molecular weight excluding hydrogens is 332 g/mol. The van der Waals surface area contributed by atoms with Gasteiger partial charge in [0.1, 0.15) is 11.4 Å². The lowest BCUT2D eigenvalue weighted by atomic mass is 9.92. The van der Waals surface area contributed by atoms with Gasteiger partial charge in [-0.2, -0.15) is 4.39 Å². The van der Waals surface area contributed by atoms with Crippen LogP contribution in [0.3, 0.4) is 0 Å². The van der Waals surface area contributed by atoms with Gasteiger partial charge in [-0.3, -0.25) is 0 Å². The molecule has 7 heteroatoms. The van der Waals surface area contributed by atoms with E-state index in [1.165, 1.54) is 19.2 Å². The van der Waals surface area contributed by atoms with Crippen LogP contribution in [0.2, 0.25) is 0 Å². The van der Waals surface area contributed by atoms with Crippen LogP contribution in [0.4, 0.5) is 8.78 Å². The van der Waals surface area contributed by atoms with Crippen LogP contribution in [0.5, 0.6) is 0 Å². The maximum Gasteiger partial charge on any atom is 0.343 e. The van der Waals surface area contributed by atoms with Gasteiger partial charge in [-0.05, 0) is 24.1 Å². The Morgan fingerprint density at radius 3 is 2.08 bits per heavy atom. The number of carbonyl (C=O) groups excluding carboxylic acids is 2. The van der Waals surface area contributed by atoms with Crippen molar-refractivity contribution in [3.63, 3.8) is 0 Å². The standard InChI is InChI=1S/C18H17F2NO4/c1-4-5-12-14(17(22)24-2)13(10-6-8-11(19)9-7-10)15(16(20)21-12)18(23)25-3/h6-9H,4-5H2,1-3H3. The summed E-state index contributed by atoms with van der Waals surface area (Å²) in [7, 11) is 2.27. The number of hydrogen-bond donors (Lipinski definition) is 0. The fourth-order valence-electron chi connectivity index (χ4n) is 2.54. The minimum absolute atomic E-state index is 0.0188. The van der Waals surface area contributed by atoms with Gasteiger partial charge in [-0.1, -0.05) is 25.5 Å². The van der Waals surface area contributed by atoms with Gasteiger partial charge in [0, 0.05) is 5.56 Å². The first-order valence-electron chi connectivity index (χ1n) is 7.59. The second-order valence-corrected chi connectivity index (χ2v) is 5.21. The third-order valence-corrected chi connectivity index (χ3v) is 3.63. The number of benzene rings is 1. The van der Waals surface area contributed by atoms with Gasteiger partial charge in [-0.25, -0.2) is 19.0 Å². The predicted molar refractivity (Wildman–Crippen MR) is 86.3 cm³/mol. The lowest BCUT2D eigenvalue weighted by Crippen LogP contribution is -2.18. The summed E-state index contributed by atoms with van der Waals surface area (Å²) in [6.07, 6.45) is 0.897. The Bertz CT molecular complexity index is 804. The van der Waals surface area contributed by atoms with Crippen molar-refractivity contribution in [2.24, 2.45) is 0 Å². The van der Waals surface area contributed by atoms with Crippen LogP contribution in [0.1, 0.15) is 39.8 Å². The normalized spacial score (nSPS) is 10.4. The monoisotopic (exact) mass is 349 g/mol. The molecule has 5 nitrogen and oxygen atoms in total. The highest BCUT2D eigenvalue weighted by molar-refractivity contribution is 6.06. The Balaban J connectivity index is 2.92. The fraction of sp³-hybridized carbons (Fsp3) is 0.278. The lowest BCUT2D eigenvalue weighted by molar-refractivity contribution is 0.0594. The molecule has 2 rings (SSSR count). The second-order valence-electron chi connectivity index (χ2n) is 5.21. The topological polar surface area (TPSA) is 65.5 Å². The molecule has 0 bridgehead atoms. The minimum atomic E-state index is -1.05. The smallest absolute Gasteiger partial charge is 0.343 e. The average Bonchev–Trinajstić information content (AvgIpc) is 2.61. The summed E-state index contributed by atoms with van der Waals surface area (Å²) in [5.41, 5.74) is -0.0959. The molecule has 1 aromatic heterocycles. The van der Waals surface area contributed by atoms with Crippen molar-refractivity contribution in [2.75, 3.05) is 14.2 Å². The first-order chi connectivity index (χ1) is 11.9. The van der Waals surface area contributed by atoms with E-state index in [-0.39, 0.29) is 22.4 Å². The number of aromatic nitrogens is 1. The first kappa shape index (κ1) is 18.5. The highest BCUT2D eigenvalue weighted by Crippen LogP contribution is 2.33. The van der Waals surface area contributed by atoms with Crippen LogP contribution in [0, 0.1) is 11.8 Å². The molecule has 0 aliphatic rings. The number of nitrogens with zero attached hydrogens (tertiary/aromatic N) is 1. The van der Waals surface area contributed by atoms with Crippen LogP contribution >= 0.6 is 0 Å². The molecule has 0 radical (unpaired) electrons. The van der Waals surface area contributed by atoms with Gasteiger partial charge in [-0.15, -0.1) is 0 Å². The van der Waals surface area contributed by atoms with E-state index >= 15 is 0 Å². The quantitative estimate of drug-likeness (QED) is 0.610. The van der Waals surface area contributed by atoms with Crippen LogP contribution in [0.15, 0.2) is 24.3 Å². The highest BCUT2D eigenvalue weighted by atomic mass is 19.1. The zero-order valence-electron chi connectivity index (χ0n) is 14.1. The predicted octanol–water partition coefficient (Wildman–Crippen LogP) is 3.55. The molecule has 0 N–H and O–H groups in total. The van der Waals surface area contributed by atoms with Gasteiger partial charge in [0.2, 0.25) is 5.95 Å². The van der Waals surface area contributed by atoms with E-state index in [0.717, 1.165) is 19.2 Å². The van der Waals surface area contributed by atoms with E-state index in [1.54, 1.807) is 0 Å². The number of rotatable bonds is 5. The molecular formula is C18H17F2NO4. The molecule has 0 spiro atoms. The number of pyridine rings is 1. The molecule has 25 heavy (non-hydrogen) atoms. The van der Waals surface area contributed by atoms with Crippen LogP contribution in [-0.4, -0.2) is 31.1 Å². The third kappa shape index (κ3) is 3.65. The highest BCUT2D eigenvalue weighted by Gasteiger charge is 2.29. The number of ether oxygens (including phenoxy) is 2. The molecule has 1 aromatic carbocycles. The lowest BCUT2D eigenvalue weighted by Gasteiger charge is -2.16. The zero-order valence-corrected chi connectivity index (χ0v) is 14.1. The molecule has 0 aliphatic carbocycles. The van der Waals surface area contributed by atoms with E-state index in [0.29, 0.717) is 12.8 Å². The van der Waals surface area contributed by atoms with Crippen molar-refractivity contribution in [2.45, 2.75) is 19.8 Å². The van der Waals surface area contributed by atoms with E-state index in [4.69, 9.17) is 4.74 Å². The van der Waals surface area contributed by atoms with Crippen molar-refractivity contribution in [1.82, 2.24) is 4.98 Å².